The van der Waals surface area contributed by atoms with E-state index in [1.54, 1.807) is 0 Å². The SMILES string of the molecule is NC(=S)c1nn(COCCO)c2ncnc(N)c12. The van der Waals surface area contributed by atoms with Crippen molar-refractivity contribution in [3.8, 4) is 0 Å². The van der Waals surface area contributed by atoms with Gasteiger partial charge in [-0.3, -0.25) is 0 Å². The largest absolute Gasteiger partial charge is 0.394 e. The first-order valence-corrected chi connectivity index (χ1v) is 5.51. The highest BCUT2D eigenvalue weighted by atomic mass is 32.1. The number of ether oxygens (including phenoxy) is 1. The Labute approximate surface area is 108 Å². The number of aliphatic hydroxyl groups is 1. The summed E-state index contributed by atoms with van der Waals surface area (Å²) in [6, 6.07) is 0. The molecule has 0 radical (unpaired) electrons. The molecule has 9 heteroatoms. The number of nitrogens with two attached hydrogens (primary N) is 2. The van der Waals surface area contributed by atoms with Crippen molar-refractivity contribution >= 4 is 34.1 Å². The Bertz CT molecular complexity index is 584. The molecule has 2 aromatic heterocycles. The molecule has 2 aromatic rings. The monoisotopic (exact) mass is 268 g/mol. The summed E-state index contributed by atoms with van der Waals surface area (Å²) in [5.74, 6) is 0.260. The first-order valence-electron chi connectivity index (χ1n) is 5.10. The van der Waals surface area contributed by atoms with Gasteiger partial charge in [0, 0.05) is 0 Å². The average molecular weight is 268 g/mol. The highest BCUT2D eigenvalue weighted by Gasteiger charge is 2.16. The van der Waals surface area contributed by atoms with Gasteiger partial charge in [0.1, 0.15) is 29.6 Å². The molecular weight excluding hydrogens is 256 g/mol. The van der Waals surface area contributed by atoms with Crippen molar-refractivity contribution in [2.45, 2.75) is 6.73 Å². The van der Waals surface area contributed by atoms with E-state index >= 15 is 0 Å². The van der Waals surface area contributed by atoms with E-state index in [1.807, 2.05) is 0 Å². The molecule has 0 amide bonds. The smallest absolute Gasteiger partial charge is 0.166 e. The summed E-state index contributed by atoms with van der Waals surface area (Å²) in [6.45, 7) is 0.249. The Balaban J connectivity index is 2.48. The van der Waals surface area contributed by atoms with Crippen LogP contribution in [0.15, 0.2) is 6.33 Å². The summed E-state index contributed by atoms with van der Waals surface area (Å²) in [7, 11) is 0. The lowest BCUT2D eigenvalue weighted by molar-refractivity contribution is 0.0439. The van der Waals surface area contributed by atoms with Crippen molar-refractivity contribution in [2.75, 3.05) is 18.9 Å². The summed E-state index contributed by atoms with van der Waals surface area (Å²) in [4.78, 5) is 8.07. The Kier molecular flexibility index (Phi) is 3.65. The molecule has 96 valence electrons. The van der Waals surface area contributed by atoms with Crippen molar-refractivity contribution in [3.63, 3.8) is 0 Å². The Hall–Kier alpha value is -1.84. The molecule has 0 atom stereocenters. The molecule has 0 aliphatic heterocycles. The number of hydrogen-bond acceptors (Lipinski definition) is 7. The fraction of sp³-hybridized carbons (Fsp3) is 0.333. The first-order chi connectivity index (χ1) is 8.65. The van der Waals surface area contributed by atoms with Crippen molar-refractivity contribution in [1.29, 1.82) is 0 Å². The highest BCUT2D eigenvalue weighted by molar-refractivity contribution is 7.80. The minimum atomic E-state index is -0.0710. The van der Waals surface area contributed by atoms with Gasteiger partial charge in [-0.05, 0) is 0 Å². The standard InChI is InChI=1S/C9H12N6O2S/c10-7-5-6(8(11)18)14-15(4-17-2-1-16)9(5)13-3-12-7/h3,16H,1-2,4H2,(H2,11,18)(H2,10,12,13). The number of hydrogen-bond donors (Lipinski definition) is 3. The van der Waals surface area contributed by atoms with E-state index in [4.69, 9.17) is 33.5 Å². The third-order valence-corrected chi connectivity index (χ3v) is 2.43. The van der Waals surface area contributed by atoms with Crippen LogP contribution in [0, 0.1) is 0 Å². The maximum Gasteiger partial charge on any atom is 0.166 e. The first kappa shape index (κ1) is 12.6. The molecular formula is C9H12N6O2S. The second kappa shape index (κ2) is 5.21. The number of aromatic nitrogens is 4. The number of anilines is 1. The Morgan fingerprint density at radius 3 is 2.94 bits per heavy atom. The second-order valence-corrected chi connectivity index (χ2v) is 3.87. The van der Waals surface area contributed by atoms with E-state index in [-0.39, 0.29) is 30.8 Å². The van der Waals surface area contributed by atoms with Crippen molar-refractivity contribution < 1.29 is 9.84 Å². The molecule has 18 heavy (non-hydrogen) atoms. The van der Waals surface area contributed by atoms with Crippen LogP contribution >= 0.6 is 12.2 Å². The van der Waals surface area contributed by atoms with Crippen LogP contribution < -0.4 is 11.5 Å². The van der Waals surface area contributed by atoms with Gasteiger partial charge >= 0.3 is 0 Å². The van der Waals surface area contributed by atoms with E-state index in [0.717, 1.165) is 0 Å². The minimum absolute atomic E-state index is 0.0710. The molecule has 5 N–H and O–H groups in total. The number of rotatable bonds is 5. The van der Waals surface area contributed by atoms with Gasteiger partial charge in [0.2, 0.25) is 0 Å². The Morgan fingerprint density at radius 1 is 1.50 bits per heavy atom. The van der Waals surface area contributed by atoms with Crippen LogP contribution in [0.1, 0.15) is 5.69 Å². The summed E-state index contributed by atoms with van der Waals surface area (Å²) >= 11 is 4.91. The fourth-order valence-corrected chi connectivity index (χ4v) is 1.65. The van der Waals surface area contributed by atoms with Gasteiger partial charge in [-0.1, -0.05) is 12.2 Å². The molecule has 0 aromatic carbocycles. The number of nitrogen functional groups attached to an aromatic ring is 1. The van der Waals surface area contributed by atoms with Crippen molar-refractivity contribution in [2.24, 2.45) is 5.73 Å². The van der Waals surface area contributed by atoms with Gasteiger partial charge < -0.3 is 21.3 Å². The van der Waals surface area contributed by atoms with Gasteiger partial charge in [0.15, 0.2) is 5.65 Å². The summed E-state index contributed by atoms with van der Waals surface area (Å²) < 4.78 is 6.64. The van der Waals surface area contributed by atoms with Crippen LogP contribution in [0.2, 0.25) is 0 Å². The summed E-state index contributed by atoms with van der Waals surface area (Å²) in [5.41, 5.74) is 12.2. The van der Waals surface area contributed by atoms with Crippen LogP contribution in [0.3, 0.4) is 0 Å². The maximum absolute atomic E-state index is 8.65. The molecule has 0 saturated carbocycles. The normalized spacial score (nSPS) is 10.9. The van der Waals surface area contributed by atoms with E-state index in [0.29, 0.717) is 16.7 Å². The molecule has 0 spiro atoms. The van der Waals surface area contributed by atoms with Gasteiger partial charge in [0.25, 0.3) is 0 Å². The number of nitrogens with zero attached hydrogens (tertiary/aromatic N) is 4. The lowest BCUT2D eigenvalue weighted by Crippen LogP contribution is -2.13. The van der Waals surface area contributed by atoms with Gasteiger partial charge in [0.05, 0.1) is 18.6 Å². The topological polar surface area (TPSA) is 125 Å². The quantitative estimate of drug-likeness (QED) is 0.466. The molecule has 8 nitrogen and oxygen atoms in total. The Morgan fingerprint density at radius 2 is 2.28 bits per heavy atom. The minimum Gasteiger partial charge on any atom is -0.394 e. The van der Waals surface area contributed by atoms with Crippen molar-refractivity contribution in [1.82, 2.24) is 19.7 Å². The molecule has 0 bridgehead atoms. The molecule has 0 fully saturated rings. The number of fused-ring (bicyclic) bond motifs is 1. The predicted molar refractivity (Wildman–Crippen MR) is 68.7 cm³/mol. The van der Waals surface area contributed by atoms with E-state index in [9.17, 15) is 0 Å². The molecule has 0 aliphatic rings. The third kappa shape index (κ3) is 2.23. The van der Waals surface area contributed by atoms with E-state index in [2.05, 4.69) is 15.1 Å². The lowest BCUT2D eigenvalue weighted by atomic mass is 10.3. The van der Waals surface area contributed by atoms with Gasteiger partial charge in [-0.2, -0.15) is 5.10 Å². The van der Waals surface area contributed by atoms with Crippen molar-refractivity contribution in [3.05, 3.63) is 12.0 Å². The van der Waals surface area contributed by atoms with Crippen LogP contribution in [0.5, 0.6) is 0 Å². The van der Waals surface area contributed by atoms with Crippen LogP contribution in [-0.2, 0) is 11.5 Å². The van der Waals surface area contributed by atoms with Crippen LogP contribution in [-0.4, -0.2) is 43.1 Å². The maximum atomic E-state index is 8.65. The number of thiocarbonyl (C=S) groups is 1. The lowest BCUT2D eigenvalue weighted by Gasteiger charge is -2.02. The summed E-state index contributed by atoms with van der Waals surface area (Å²) in [5, 5.41) is 13.3. The second-order valence-electron chi connectivity index (χ2n) is 3.43. The fourth-order valence-electron chi connectivity index (χ4n) is 1.51. The van der Waals surface area contributed by atoms with E-state index in [1.165, 1.54) is 11.0 Å². The number of aliphatic hydroxyl groups excluding tert-OH is 1. The molecule has 0 aliphatic carbocycles. The van der Waals surface area contributed by atoms with Gasteiger partial charge in [-0.15, -0.1) is 0 Å². The highest BCUT2D eigenvalue weighted by Crippen LogP contribution is 2.20. The molecule has 0 saturated heterocycles. The zero-order valence-electron chi connectivity index (χ0n) is 9.41. The predicted octanol–water partition coefficient (Wildman–Crippen LogP) is -0.991. The third-order valence-electron chi connectivity index (χ3n) is 2.24. The molecule has 2 rings (SSSR count). The zero-order valence-corrected chi connectivity index (χ0v) is 10.2. The van der Waals surface area contributed by atoms with Gasteiger partial charge in [-0.25, -0.2) is 14.6 Å². The average Bonchev–Trinajstić information content (AvgIpc) is 2.70. The molecule has 0 unspecified atom stereocenters. The summed E-state index contributed by atoms with van der Waals surface area (Å²) in [6.07, 6.45) is 1.32. The molecule has 2 heterocycles. The van der Waals surface area contributed by atoms with Crippen LogP contribution in [0.4, 0.5) is 5.82 Å². The van der Waals surface area contributed by atoms with Crippen LogP contribution in [0.25, 0.3) is 11.0 Å². The zero-order chi connectivity index (χ0) is 13.1. The van der Waals surface area contributed by atoms with E-state index < -0.39 is 0 Å².